The van der Waals surface area contributed by atoms with E-state index in [2.05, 4.69) is 29.3 Å². The molecule has 0 bridgehead atoms. The monoisotopic (exact) mass is 273 g/mol. The molecule has 3 nitrogen and oxygen atoms in total. The number of hydrogen-bond acceptors (Lipinski definition) is 3. The fourth-order valence-corrected chi connectivity index (χ4v) is 4.02. The van der Waals surface area contributed by atoms with Gasteiger partial charge in [-0.1, -0.05) is 12.8 Å². The largest absolute Gasteiger partial charge is 0.357 e. The third-order valence-electron chi connectivity index (χ3n) is 5.19. The molecule has 0 aromatic carbocycles. The van der Waals surface area contributed by atoms with Crippen LogP contribution in [0.5, 0.6) is 0 Å². The molecule has 1 aliphatic carbocycles. The standard InChI is InChI=1S/C17H27N3/c1-14-11-15(13-18-2)12-16(19-14)20-9-7-17(8-10-20)5-3-4-6-17/h11-12,18H,3-10,13H2,1-2H3. The van der Waals surface area contributed by atoms with Gasteiger partial charge in [-0.25, -0.2) is 4.98 Å². The van der Waals surface area contributed by atoms with E-state index >= 15 is 0 Å². The van der Waals surface area contributed by atoms with Crippen LogP contribution in [0.15, 0.2) is 12.1 Å². The summed E-state index contributed by atoms with van der Waals surface area (Å²) in [7, 11) is 2.00. The Morgan fingerprint density at radius 2 is 1.85 bits per heavy atom. The van der Waals surface area contributed by atoms with Gasteiger partial charge in [0.2, 0.25) is 0 Å². The third-order valence-corrected chi connectivity index (χ3v) is 5.19. The van der Waals surface area contributed by atoms with Crippen molar-refractivity contribution < 1.29 is 0 Å². The molecule has 0 unspecified atom stereocenters. The van der Waals surface area contributed by atoms with E-state index in [1.165, 1.54) is 63.0 Å². The number of nitrogens with one attached hydrogen (secondary N) is 1. The van der Waals surface area contributed by atoms with Gasteiger partial charge in [-0.2, -0.15) is 0 Å². The number of hydrogen-bond donors (Lipinski definition) is 1. The van der Waals surface area contributed by atoms with Gasteiger partial charge < -0.3 is 10.2 Å². The number of pyridine rings is 1. The van der Waals surface area contributed by atoms with Crippen LogP contribution >= 0.6 is 0 Å². The van der Waals surface area contributed by atoms with E-state index in [4.69, 9.17) is 4.98 Å². The van der Waals surface area contributed by atoms with Crippen molar-refractivity contribution in [1.82, 2.24) is 10.3 Å². The van der Waals surface area contributed by atoms with Crippen LogP contribution in [0.4, 0.5) is 5.82 Å². The minimum Gasteiger partial charge on any atom is -0.357 e. The maximum absolute atomic E-state index is 4.75. The Balaban J connectivity index is 1.71. The highest BCUT2D eigenvalue weighted by Gasteiger charge is 2.37. The molecule has 0 amide bonds. The molecule has 1 aliphatic heterocycles. The first kappa shape index (κ1) is 13.9. The Labute approximate surface area is 122 Å². The summed E-state index contributed by atoms with van der Waals surface area (Å²) in [6.45, 7) is 5.41. The molecule has 1 aromatic rings. The quantitative estimate of drug-likeness (QED) is 0.916. The molecule has 20 heavy (non-hydrogen) atoms. The number of aromatic nitrogens is 1. The van der Waals surface area contributed by atoms with Crippen molar-refractivity contribution in [1.29, 1.82) is 0 Å². The molecular formula is C17H27N3. The lowest BCUT2D eigenvalue weighted by Crippen LogP contribution is -2.39. The maximum Gasteiger partial charge on any atom is 0.129 e. The zero-order chi connectivity index (χ0) is 14.0. The van der Waals surface area contributed by atoms with Gasteiger partial charge in [0.25, 0.3) is 0 Å². The number of nitrogens with zero attached hydrogens (tertiary/aromatic N) is 2. The molecule has 2 aliphatic rings. The Morgan fingerprint density at radius 3 is 2.50 bits per heavy atom. The number of piperidine rings is 1. The minimum absolute atomic E-state index is 0.689. The SMILES string of the molecule is CNCc1cc(C)nc(N2CCC3(CCCC3)CC2)c1. The summed E-state index contributed by atoms with van der Waals surface area (Å²) < 4.78 is 0. The summed E-state index contributed by atoms with van der Waals surface area (Å²) in [6.07, 6.45) is 8.57. The van der Waals surface area contributed by atoms with Gasteiger partial charge in [0.15, 0.2) is 0 Å². The van der Waals surface area contributed by atoms with Crippen LogP contribution in [0.1, 0.15) is 49.8 Å². The molecule has 110 valence electrons. The van der Waals surface area contributed by atoms with E-state index in [-0.39, 0.29) is 0 Å². The van der Waals surface area contributed by atoms with E-state index in [0.717, 1.165) is 12.2 Å². The van der Waals surface area contributed by atoms with Crippen molar-refractivity contribution in [2.75, 3.05) is 25.0 Å². The van der Waals surface area contributed by atoms with Gasteiger partial charge >= 0.3 is 0 Å². The van der Waals surface area contributed by atoms with Gasteiger partial charge in [0.1, 0.15) is 5.82 Å². The van der Waals surface area contributed by atoms with E-state index in [9.17, 15) is 0 Å². The van der Waals surface area contributed by atoms with Crippen LogP contribution in [0.2, 0.25) is 0 Å². The summed E-state index contributed by atoms with van der Waals surface area (Å²) in [4.78, 5) is 7.25. The van der Waals surface area contributed by atoms with Crippen molar-refractivity contribution >= 4 is 5.82 Å². The van der Waals surface area contributed by atoms with Crippen LogP contribution in [0, 0.1) is 12.3 Å². The van der Waals surface area contributed by atoms with E-state index in [0.29, 0.717) is 5.41 Å². The molecule has 1 saturated carbocycles. The fraction of sp³-hybridized carbons (Fsp3) is 0.706. The van der Waals surface area contributed by atoms with Crippen molar-refractivity contribution in [2.45, 2.75) is 52.0 Å². The van der Waals surface area contributed by atoms with Crippen LogP contribution in [0.3, 0.4) is 0 Å². The average Bonchev–Trinajstić information content (AvgIpc) is 2.88. The Hall–Kier alpha value is -1.09. The summed E-state index contributed by atoms with van der Waals surface area (Å²) in [5, 5.41) is 3.23. The van der Waals surface area contributed by atoms with Gasteiger partial charge in [0.05, 0.1) is 0 Å². The zero-order valence-electron chi connectivity index (χ0n) is 12.9. The van der Waals surface area contributed by atoms with Crippen LogP contribution in [0.25, 0.3) is 0 Å². The van der Waals surface area contributed by atoms with Gasteiger partial charge in [-0.3, -0.25) is 0 Å². The molecule has 1 spiro atoms. The zero-order valence-corrected chi connectivity index (χ0v) is 12.9. The third kappa shape index (κ3) is 2.83. The van der Waals surface area contributed by atoms with E-state index in [1.807, 2.05) is 7.05 Å². The van der Waals surface area contributed by atoms with Gasteiger partial charge in [0, 0.05) is 25.3 Å². The predicted molar refractivity (Wildman–Crippen MR) is 84.1 cm³/mol. The number of anilines is 1. The van der Waals surface area contributed by atoms with Crippen molar-refractivity contribution in [2.24, 2.45) is 5.41 Å². The van der Waals surface area contributed by atoms with Crippen molar-refractivity contribution in [3.63, 3.8) is 0 Å². The first-order chi connectivity index (χ1) is 9.71. The van der Waals surface area contributed by atoms with E-state index in [1.54, 1.807) is 0 Å². The normalized spacial score (nSPS) is 21.6. The lowest BCUT2D eigenvalue weighted by Gasteiger charge is -2.40. The van der Waals surface area contributed by atoms with Crippen LogP contribution < -0.4 is 10.2 Å². The lowest BCUT2D eigenvalue weighted by atomic mass is 9.77. The molecular weight excluding hydrogens is 246 g/mol. The second-order valence-electron chi connectivity index (χ2n) is 6.70. The van der Waals surface area contributed by atoms with Crippen molar-refractivity contribution in [3.05, 3.63) is 23.4 Å². The van der Waals surface area contributed by atoms with Crippen molar-refractivity contribution in [3.8, 4) is 0 Å². The molecule has 2 fully saturated rings. The average molecular weight is 273 g/mol. The van der Waals surface area contributed by atoms with E-state index < -0.39 is 0 Å². The molecule has 0 radical (unpaired) electrons. The highest BCUT2D eigenvalue weighted by molar-refractivity contribution is 5.43. The van der Waals surface area contributed by atoms with Gasteiger partial charge in [-0.05, 0) is 62.8 Å². The first-order valence-electron chi connectivity index (χ1n) is 8.08. The highest BCUT2D eigenvalue weighted by Crippen LogP contribution is 2.46. The number of aryl methyl sites for hydroxylation is 1. The molecule has 3 heteroatoms. The molecule has 1 N–H and O–H groups in total. The fourth-order valence-electron chi connectivity index (χ4n) is 4.02. The van der Waals surface area contributed by atoms with Crippen LogP contribution in [-0.2, 0) is 6.54 Å². The Bertz CT molecular complexity index is 453. The minimum atomic E-state index is 0.689. The predicted octanol–water partition coefficient (Wildman–Crippen LogP) is 3.27. The molecule has 0 atom stereocenters. The first-order valence-corrected chi connectivity index (χ1v) is 8.08. The second-order valence-corrected chi connectivity index (χ2v) is 6.70. The smallest absolute Gasteiger partial charge is 0.129 e. The maximum atomic E-state index is 4.75. The summed E-state index contributed by atoms with van der Waals surface area (Å²) in [6, 6.07) is 4.44. The second kappa shape index (κ2) is 5.72. The summed E-state index contributed by atoms with van der Waals surface area (Å²) in [5.74, 6) is 1.18. The lowest BCUT2D eigenvalue weighted by molar-refractivity contribution is 0.226. The molecule has 2 heterocycles. The summed E-state index contributed by atoms with van der Waals surface area (Å²) in [5.41, 5.74) is 3.17. The topological polar surface area (TPSA) is 28.2 Å². The Kier molecular flexibility index (Phi) is 3.97. The molecule has 1 aromatic heterocycles. The Morgan fingerprint density at radius 1 is 1.15 bits per heavy atom. The summed E-state index contributed by atoms with van der Waals surface area (Å²) >= 11 is 0. The van der Waals surface area contributed by atoms with Crippen LogP contribution in [-0.4, -0.2) is 25.1 Å². The molecule has 3 rings (SSSR count). The highest BCUT2D eigenvalue weighted by atomic mass is 15.2. The molecule has 1 saturated heterocycles. The van der Waals surface area contributed by atoms with Gasteiger partial charge in [-0.15, -0.1) is 0 Å². The number of rotatable bonds is 3.